The van der Waals surface area contributed by atoms with E-state index in [1.165, 1.54) is 0 Å². The fourth-order valence-corrected chi connectivity index (χ4v) is 1.58. The number of aromatic amines is 1. The van der Waals surface area contributed by atoms with Gasteiger partial charge in [0.25, 0.3) is 0 Å². The van der Waals surface area contributed by atoms with Gasteiger partial charge in [0.15, 0.2) is 5.78 Å². The van der Waals surface area contributed by atoms with Crippen LogP contribution in [-0.4, -0.2) is 41.5 Å². The molecule has 6 heteroatoms. The van der Waals surface area contributed by atoms with Crippen LogP contribution in [0.2, 0.25) is 0 Å². The number of alkyl halides is 3. The lowest BCUT2D eigenvalue weighted by Gasteiger charge is -2.21. The van der Waals surface area contributed by atoms with Gasteiger partial charge in [-0.2, -0.15) is 13.2 Å². The van der Waals surface area contributed by atoms with E-state index < -0.39 is 12.7 Å². The van der Waals surface area contributed by atoms with Crippen molar-refractivity contribution in [1.82, 2.24) is 9.88 Å². The number of nitrogens with one attached hydrogen (secondary N) is 1. The molecule has 0 radical (unpaired) electrons. The molecule has 0 aromatic carbocycles. The van der Waals surface area contributed by atoms with Crippen molar-refractivity contribution in [2.75, 3.05) is 19.6 Å². The fraction of sp³-hybridized carbons (Fsp3) is 0.545. The maximum atomic E-state index is 12.3. The molecule has 0 amide bonds. The second-order valence-electron chi connectivity index (χ2n) is 3.83. The number of Topliss-reactive ketones (excluding diaryl/α,β-unsaturated/α-hetero) is 1. The highest BCUT2D eigenvalue weighted by molar-refractivity contribution is 5.95. The van der Waals surface area contributed by atoms with E-state index in [9.17, 15) is 18.0 Å². The SMILES string of the molecule is CCCN(CC(=O)c1ccc[nH]1)CC(F)(F)F. The molecule has 0 saturated heterocycles. The molecular formula is C11H15F3N2O. The molecule has 0 bridgehead atoms. The summed E-state index contributed by atoms with van der Waals surface area (Å²) >= 11 is 0. The zero-order valence-corrected chi connectivity index (χ0v) is 9.55. The highest BCUT2D eigenvalue weighted by Crippen LogP contribution is 2.16. The molecule has 0 fully saturated rings. The first-order valence-electron chi connectivity index (χ1n) is 5.38. The van der Waals surface area contributed by atoms with Crippen LogP contribution in [0, 0.1) is 0 Å². The zero-order valence-electron chi connectivity index (χ0n) is 9.55. The third-order valence-electron chi connectivity index (χ3n) is 2.21. The second kappa shape index (κ2) is 5.86. The molecule has 0 aliphatic heterocycles. The van der Waals surface area contributed by atoms with Gasteiger partial charge in [0.1, 0.15) is 0 Å². The average Bonchev–Trinajstić information content (AvgIpc) is 2.67. The number of hydrogen-bond donors (Lipinski definition) is 1. The number of aromatic nitrogens is 1. The summed E-state index contributed by atoms with van der Waals surface area (Å²) in [7, 11) is 0. The summed E-state index contributed by atoms with van der Waals surface area (Å²) in [6, 6.07) is 3.20. The Morgan fingerprint density at radius 1 is 1.47 bits per heavy atom. The molecule has 1 N–H and O–H groups in total. The van der Waals surface area contributed by atoms with Gasteiger partial charge in [0, 0.05) is 6.20 Å². The Morgan fingerprint density at radius 2 is 2.18 bits per heavy atom. The van der Waals surface area contributed by atoms with E-state index in [1.807, 2.05) is 0 Å². The number of carbonyl (C=O) groups is 1. The lowest BCUT2D eigenvalue weighted by molar-refractivity contribution is -0.144. The van der Waals surface area contributed by atoms with Crippen LogP contribution >= 0.6 is 0 Å². The number of carbonyl (C=O) groups excluding carboxylic acids is 1. The smallest absolute Gasteiger partial charge is 0.359 e. The lowest BCUT2D eigenvalue weighted by atomic mass is 10.2. The van der Waals surface area contributed by atoms with E-state index in [0.717, 1.165) is 4.90 Å². The van der Waals surface area contributed by atoms with Crippen molar-refractivity contribution in [3.05, 3.63) is 24.0 Å². The van der Waals surface area contributed by atoms with Crippen LogP contribution < -0.4 is 0 Å². The first-order chi connectivity index (χ1) is 7.92. The van der Waals surface area contributed by atoms with Gasteiger partial charge in [-0.15, -0.1) is 0 Å². The Balaban J connectivity index is 2.57. The van der Waals surface area contributed by atoms with Gasteiger partial charge in [0.05, 0.1) is 18.8 Å². The third-order valence-corrected chi connectivity index (χ3v) is 2.21. The maximum absolute atomic E-state index is 12.3. The highest BCUT2D eigenvalue weighted by Gasteiger charge is 2.31. The molecule has 0 spiro atoms. The molecule has 0 saturated carbocycles. The number of halogens is 3. The summed E-state index contributed by atoms with van der Waals surface area (Å²) in [6.45, 7) is 0.773. The standard InChI is InChI=1S/C11H15F3N2O/c1-2-6-16(8-11(12,13)14)7-10(17)9-4-3-5-15-9/h3-5,15H,2,6-8H2,1H3. The van der Waals surface area contributed by atoms with Gasteiger partial charge >= 0.3 is 6.18 Å². The molecule has 17 heavy (non-hydrogen) atoms. The minimum absolute atomic E-state index is 0.214. The Morgan fingerprint density at radius 3 is 2.65 bits per heavy atom. The molecule has 1 rings (SSSR count). The largest absolute Gasteiger partial charge is 0.401 e. The van der Waals surface area contributed by atoms with Crippen molar-refractivity contribution in [1.29, 1.82) is 0 Å². The van der Waals surface area contributed by atoms with E-state index >= 15 is 0 Å². The number of hydrogen-bond acceptors (Lipinski definition) is 2. The van der Waals surface area contributed by atoms with Crippen LogP contribution in [0.15, 0.2) is 18.3 Å². The van der Waals surface area contributed by atoms with Gasteiger partial charge < -0.3 is 4.98 Å². The van der Waals surface area contributed by atoms with E-state index in [4.69, 9.17) is 0 Å². The van der Waals surface area contributed by atoms with Crippen LogP contribution in [-0.2, 0) is 0 Å². The minimum atomic E-state index is -4.27. The van der Waals surface area contributed by atoms with Crippen molar-refractivity contribution in [3.8, 4) is 0 Å². The topological polar surface area (TPSA) is 36.1 Å². The van der Waals surface area contributed by atoms with Crippen molar-refractivity contribution in [3.63, 3.8) is 0 Å². The van der Waals surface area contributed by atoms with Crippen molar-refractivity contribution in [2.45, 2.75) is 19.5 Å². The average molecular weight is 248 g/mol. The first kappa shape index (κ1) is 13.8. The van der Waals surface area contributed by atoms with Gasteiger partial charge in [-0.1, -0.05) is 6.92 Å². The van der Waals surface area contributed by atoms with Crippen molar-refractivity contribution in [2.24, 2.45) is 0 Å². The molecule has 1 aromatic rings. The van der Waals surface area contributed by atoms with E-state index in [-0.39, 0.29) is 18.9 Å². The summed E-state index contributed by atoms with van der Waals surface area (Å²) in [5.41, 5.74) is 0.341. The molecule has 0 unspecified atom stereocenters. The van der Waals surface area contributed by atoms with E-state index in [1.54, 1.807) is 25.3 Å². The Hall–Kier alpha value is -1.30. The number of nitrogens with zero attached hydrogens (tertiary/aromatic N) is 1. The maximum Gasteiger partial charge on any atom is 0.401 e. The minimum Gasteiger partial charge on any atom is -0.359 e. The molecular weight excluding hydrogens is 233 g/mol. The summed E-state index contributed by atoms with van der Waals surface area (Å²) < 4.78 is 36.8. The van der Waals surface area contributed by atoms with Crippen LogP contribution in [0.1, 0.15) is 23.8 Å². The van der Waals surface area contributed by atoms with Gasteiger partial charge in [-0.25, -0.2) is 0 Å². The molecule has 3 nitrogen and oxygen atoms in total. The quantitative estimate of drug-likeness (QED) is 0.785. The molecule has 0 aliphatic carbocycles. The Kier molecular flexibility index (Phi) is 4.74. The normalized spacial score (nSPS) is 12.1. The summed E-state index contributed by atoms with van der Waals surface area (Å²) in [5.74, 6) is -0.326. The molecule has 1 heterocycles. The van der Waals surface area contributed by atoms with Gasteiger partial charge in [0.2, 0.25) is 0 Å². The number of ketones is 1. The Bertz CT molecular complexity index is 346. The summed E-state index contributed by atoms with van der Waals surface area (Å²) in [6.07, 6.45) is -2.12. The molecule has 1 aromatic heterocycles. The van der Waals surface area contributed by atoms with E-state index in [0.29, 0.717) is 12.1 Å². The molecule has 96 valence electrons. The number of H-pyrrole nitrogens is 1. The zero-order chi connectivity index (χ0) is 12.9. The van der Waals surface area contributed by atoms with Crippen LogP contribution in [0.4, 0.5) is 13.2 Å². The Labute approximate surface area is 97.6 Å². The fourth-order valence-electron chi connectivity index (χ4n) is 1.58. The predicted molar refractivity (Wildman–Crippen MR) is 57.9 cm³/mol. The third kappa shape index (κ3) is 5.04. The van der Waals surface area contributed by atoms with E-state index in [2.05, 4.69) is 4.98 Å². The lowest BCUT2D eigenvalue weighted by Crippen LogP contribution is -2.38. The van der Waals surface area contributed by atoms with Gasteiger partial charge in [-0.05, 0) is 25.1 Å². The predicted octanol–water partition coefficient (Wildman–Crippen LogP) is 2.47. The highest BCUT2D eigenvalue weighted by atomic mass is 19.4. The monoisotopic (exact) mass is 248 g/mol. The summed E-state index contributed by atoms with van der Waals surface area (Å²) in [4.78, 5) is 15.4. The van der Waals surface area contributed by atoms with Crippen molar-refractivity contribution < 1.29 is 18.0 Å². The first-order valence-corrected chi connectivity index (χ1v) is 5.38. The van der Waals surface area contributed by atoms with Crippen LogP contribution in [0.25, 0.3) is 0 Å². The molecule has 0 aliphatic rings. The summed E-state index contributed by atoms with van der Waals surface area (Å²) in [5, 5.41) is 0. The van der Waals surface area contributed by atoms with Gasteiger partial charge in [-0.3, -0.25) is 9.69 Å². The van der Waals surface area contributed by atoms with Crippen LogP contribution in [0.5, 0.6) is 0 Å². The van der Waals surface area contributed by atoms with Crippen molar-refractivity contribution >= 4 is 5.78 Å². The number of rotatable bonds is 6. The second-order valence-corrected chi connectivity index (χ2v) is 3.83. The molecule has 0 atom stereocenters. The van der Waals surface area contributed by atoms with Crippen LogP contribution in [0.3, 0.4) is 0 Å².